The molecule has 0 atom stereocenters. The van der Waals surface area contributed by atoms with Crippen LogP contribution in [-0.2, 0) is 16.0 Å². The second kappa shape index (κ2) is 7.95. The Bertz CT molecular complexity index is 888. The van der Waals surface area contributed by atoms with E-state index in [9.17, 15) is 4.79 Å². The first-order valence-electron chi connectivity index (χ1n) is 8.51. The summed E-state index contributed by atoms with van der Waals surface area (Å²) in [5.74, 6) is 1.06. The summed E-state index contributed by atoms with van der Waals surface area (Å²) in [6, 6.07) is 11.3. The number of nitrogens with zero attached hydrogens (tertiary/aromatic N) is 1. The molecule has 6 nitrogen and oxygen atoms in total. The third-order valence-corrected chi connectivity index (χ3v) is 4.22. The van der Waals surface area contributed by atoms with Crippen LogP contribution in [0.3, 0.4) is 0 Å². The molecule has 0 amide bonds. The van der Waals surface area contributed by atoms with Gasteiger partial charge in [-0.05, 0) is 35.8 Å². The van der Waals surface area contributed by atoms with Gasteiger partial charge in [-0.3, -0.25) is 0 Å². The Morgan fingerprint density at radius 2 is 1.63 bits per heavy atom. The van der Waals surface area contributed by atoms with Crippen LogP contribution in [0.15, 0.2) is 47.1 Å². The predicted molar refractivity (Wildman–Crippen MR) is 103 cm³/mol. The number of hydrogen-bond acceptors (Lipinski definition) is 6. The van der Waals surface area contributed by atoms with Crippen molar-refractivity contribution in [1.82, 2.24) is 0 Å². The van der Waals surface area contributed by atoms with E-state index in [1.165, 1.54) is 26.9 Å². The van der Waals surface area contributed by atoms with Crippen LogP contribution in [0.25, 0.3) is 6.08 Å². The molecule has 0 spiro atoms. The van der Waals surface area contributed by atoms with Crippen LogP contribution in [0.1, 0.15) is 23.6 Å². The van der Waals surface area contributed by atoms with Crippen molar-refractivity contribution in [2.24, 2.45) is 4.99 Å². The highest BCUT2D eigenvalue weighted by atomic mass is 16.6. The molecule has 1 aliphatic heterocycles. The maximum Gasteiger partial charge on any atom is 0.363 e. The number of aliphatic imine (C=N–C) groups is 1. The Balaban J connectivity index is 1.97. The molecule has 0 saturated carbocycles. The highest BCUT2D eigenvalue weighted by Gasteiger charge is 2.26. The monoisotopic (exact) mass is 367 g/mol. The first-order valence-corrected chi connectivity index (χ1v) is 8.51. The fourth-order valence-corrected chi connectivity index (χ4v) is 2.74. The zero-order chi connectivity index (χ0) is 19.4. The largest absolute Gasteiger partial charge is 0.493 e. The smallest absolute Gasteiger partial charge is 0.363 e. The maximum absolute atomic E-state index is 12.2. The molecule has 1 heterocycles. The summed E-state index contributed by atoms with van der Waals surface area (Å²) >= 11 is 0. The summed E-state index contributed by atoms with van der Waals surface area (Å²) in [5, 5.41) is 0. The van der Waals surface area contributed by atoms with Crippen molar-refractivity contribution in [3.8, 4) is 17.2 Å². The molecule has 2 aromatic carbocycles. The molecular weight excluding hydrogens is 346 g/mol. The number of esters is 1. The minimum atomic E-state index is -0.502. The van der Waals surface area contributed by atoms with Crippen LogP contribution in [-0.4, -0.2) is 33.2 Å². The van der Waals surface area contributed by atoms with E-state index in [0.717, 1.165) is 12.0 Å². The molecule has 0 unspecified atom stereocenters. The Hall–Kier alpha value is -3.28. The van der Waals surface area contributed by atoms with Gasteiger partial charge in [0.05, 0.1) is 21.3 Å². The van der Waals surface area contributed by atoms with E-state index in [1.54, 1.807) is 18.2 Å². The zero-order valence-corrected chi connectivity index (χ0v) is 15.7. The molecule has 3 rings (SSSR count). The van der Waals surface area contributed by atoms with Gasteiger partial charge in [0.2, 0.25) is 11.6 Å². The number of methoxy groups -OCH3 is 3. The van der Waals surface area contributed by atoms with E-state index in [4.69, 9.17) is 18.9 Å². The molecule has 0 bridgehead atoms. The van der Waals surface area contributed by atoms with E-state index >= 15 is 0 Å². The molecule has 0 N–H and O–H groups in total. The standard InChI is InChI=1S/C21H21NO5/c1-5-13-6-8-14(9-7-13)10-16-21(23)27-20(22-16)15-11-17(24-2)19(26-4)18(12-15)25-3/h6-12H,5H2,1-4H3/b16-10-. The maximum atomic E-state index is 12.2. The van der Waals surface area contributed by atoms with Gasteiger partial charge in [-0.2, -0.15) is 0 Å². The summed E-state index contributed by atoms with van der Waals surface area (Å²) in [6.07, 6.45) is 2.66. The predicted octanol–water partition coefficient (Wildman–Crippen LogP) is 3.62. The Kier molecular flexibility index (Phi) is 5.45. The average molecular weight is 367 g/mol. The van der Waals surface area contributed by atoms with Crippen molar-refractivity contribution < 1.29 is 23.7 Å². The lowest BCUT2D eigenvalue weighted by molar-refractivity contribution is -0.129. The molecule has 0 radical (unpaired) electrons. The quantitative estimate of drug-likeness (QED) is 0.576. The molecule has 6 heteroatoms. The van der Waals surface area contributed by atoms with Gasteiger partial charge in [0, 0.05) is 5.56 Å². The molecule has 140 valence electrons. The lowest BCUT2D eigenvalue weighted by atomic mass is 10.1. The molecule has 0 aliphatic carbocycles. The Morgan fingerprint density at radius 3 is 2.15 bits per heavy atom. The van der Waals surface area contributed by atoms with Gasteiger partial charge in [0.15, 0.2) is 17.2 Å². The van der Waals surface area contributed by atoms with Gasteiger partial charge < -0.3 is 18.9 Å². The third kappa shape index (κ3) is 3.79. The normalized spacial score (nSPS) is 14.7. The van der Waals surface area contributed by atoms with Crippen LogP contribution < -0.4 is 14.2 Å². The van der Waals surface area contributed by atoms with Crippen LogP contribution >= 0.6 is 0 Å². The molecular formula is C21H21NO5. The summed E-state index contributed by atoms with van der Waals surface area (Å²) in [6.45, 7) is 2.09. The minimum Gasteiger partial charge on any atom is -0.493 e. The molecule has 0 fully saturated rings. The lowest BCUT2D eigenvalue weighted by Crippen LogP contribution is -2.06. The van der Waals surface area contributed by atoms with Crippen LogP contribution in [0.2, 0.25) is 0 Å². The van der Waals surface area contributed by atoms with E-state index in [1.807, 2.05) is 24.3 Å². The molecule has 27 heavy (non-hydrogen) atoms. The highest BCUT2D eigenvalue weighted by Crippen LogP contribution is 2.39. The average Bonchev–Trinajstić information content (AvgIpc) is 3.07. The van der Waals surface area contributed by atoms with Crippen LogP contribution in [0.5, 0.6) is 17.2 Å². The highest BCUT2D eigenvalue weighted by molar-refractivity contribution is 6.13. The first kappa shape index (κ1) is 18.5. The fraction of sp³-hybridized carbons (Fsp3) is 0.238. The van der Waals surface area contributed by atoms with Crippen molar-refractivity contribution in [3.05, 3.63) is 58.8 Å². The summed E-state index contributed by atoms with van der Waals surface area (Å²) in [5.41, 5.74) is 2.91. The van der Waals surface area contributed by atoms with Crippen LogP contribution in [0.4, 0.5) is 0 Å². The number of carbonyl (C=O) groups is 1. The van der Waals surface area contributed by atoms with Gasteiger partial charge >= 0.3 is 5.97 Å². The Morgan fingerprint density at radius 1 is 1.00 bits per heavy atom. The zero-order valence-electron chi connectivity index (χ0n) is 15.7. The minimum absolute atomic E-state index is 0.190. The summed E-state index contributed by atoms with van der Waals surface area (Å²) in [7, 11) is 4.57. The number of hydrogen-bond donors (Lipinski definition) is 0. The van der Waals surface area contributed by atoms with Crippen molar-refractivity contribution in [3.63, 3.8) is 0 Å². The fourth-order valence-electron chi connectivity index (χ4n) is 2.74. The van der Waals surface area contributed by atoms with Crippen molar-refractivity contribution in [2.45, 2.75) is 13.3 Å². The topological polar surface area (TPSA) is 66.3 Å². The number of aryl methyl sites for hydroxylation is 1. The van der Waals surface area contributed by atoms with E-state index in [2.05, 4.69) is 11.9 Å². The number of rotatable bonds is 6. The lowest BCUT2D eigenvalue weighted by Gasteiger charge is -2.13. The second-order valence-corrected chi connectivity index (χ2v) is 5.85. The van der Waals surface area contributed by atoms with Gasteiger partial charge in [0.1, 0.15) is 0 Å². The molecule has 0 saturated heterocycles. The molecule has 2 aromatic rings. The van der Waals surface area contributed by atoms with Gasteiger partial charge in [-0.1, -0.05) is 31.2 Å². The van der Waals surface area contributed by atoms with Crippen molar-refractivity contribution >= 4 is 17.9 Å². The van der Waals surface area contributed by atoms with Crippen molar-refractivity contribution in [1.29, 1.82) is 0 Å². The number of ether oxygens (including phenoxy) is 4. The van der Waals surface area contributed by atoms with Gasteiger partial charge in [0.25, 0.3) is 0 Å². The molecule has 0 aromatic heterocycles. The van der Waals surface area contributed by atoms with E-state index < -0.39 is 5.97 Å². The number of carbonyl (C=O) groups excluding carboxylic acids is 1. The Labute approximate surface area is 158 Å². The van der Waals surface area contributed by atoms with Crippen molar-refractivity contribution in [2.75, 3.05) is 21.3 Å². The third-order valence-electron chi connectivity index (χ3n) is 4.22. The summed E-state index contributed by atoms with van der Waals surface area (Å²) < 4.78 is 21.3. The number of benzene rings is 2. The van der Waals surface area contributed by atoms with Gasteiger partial charge in [-0.15, -0.1) is 0 Å². The van der Waals surface area contributed by atoms with E-state index in [-0.39, 0.29) is 11.6 Å². The SMILES string of the molecule is CCc1ccc(/C=C2\N=C(c3cc(OC)c(OC)c(OC)c3)OC2=O)cc1. The molecule has 1 aliphatic rings. The second-order valence-electron chi connectivity index (χ2n) is 5.85. The summed E-state index contributed by atoms with van der Waals surface area (Å²) in [4.78, 5) is 16.6. The van der Waals surface area contributed by atoms with Gasteiger partial charge in [-0.25, -0.2) is 9.79 Å². The number of cyclic esters (lactones) is 1. The van der Waals surface area contributed by atoms with E-state index in [0.29, 0.717) is 22.8 Å². The van der Waals surface area contributed by atoms with Crippen LogP contribution in [0, 0.1) is 0 Å². The first-order chi connectivity index (χ1) is 13.1.